The fourth-order valence-corrected chi connectivity index (χ4v) is 2.22. The zero-order valence-corrected chi connectivity index (χ0v) is 11.5. The fourth-order valence-electron chi connectivity index (χ4n) is 1.29. The molecule has 0 saturated carbocycles. The molecule has 7 heteroatoms. The van der Waals surface area contributed by atoms with E-state index in [1.807, 2.05) is 6.92 Å². The van der Waals surface area contributed by atoms with Gasteiger partial charge in [-0.15, -0.1) is 0 Å². The van der Waals surface area contributed by atoms with Crippen molar-refractivity contribution in [1.29, 1.82) is 0 Å². The summed E-state index contributed by atoms with van der Waals surface area (Å²) in [6.45, 7) is 5.49. The molecule has 0 atom stereocenters. The van der Waals surface area contributed by atoms with Crippen LogP contribution in [0.4, 0.5) is 0 Å². The van der Waals surface area contributed by atoms with Gasteiger partial charge in [0, 0.05) is 26.2 Å². The first kappa shape index (κ1) is 16.3. The van der Waals surface area contributed by atoms with Crippen LogP contribution in [0.15, 0.2) is 0 Å². The van der Waals surface area contributed by atoms with Crippen molar-refractivity contribution >= 4 is 15.9 Å². The van der Waals surface area contributed by atoms with Gasteiger partial charge in [-0.2, -0.15) is 0 Å². The van der Waals surface area contributed by atoms with E-state index in [-0.39, 0.29) is 12.5 Å². The van der Waals surface area contributed by atoms with E-state index >= 15 is 0 Å². The Morgan fingerprint density at radius 2 is 2.00 bits per heavy atom. The maximum Gasteiger partial charge on any atom is 0.245 e. The van der Waals surface area contributed by atoms with Gasteiger partial charge in [-0.3, -0.25) is 4.79 Å². The monoisotopic (exact) mass is 266 g/mol. The molecule has 0 saturated heterocycles. The van der Waals surface area contributed by atoms with Crippen LogP contribution in [-0.2, 0) is 19.6 Å². The SMILES string of the molecule is CCOCC(=O)NCCCN(CC)S(C)(=O)=O. The van der Waals surface area contributed by atoms with E-state index in [0.29, 0.717) is 32.7 Å². The van der Waals surface area contributed by atoms with Gasteiger partial charge in [-0.05, 0) is 13.3 Å². The number of carbonyl (C=O) groups excluding carboxylic acids is 1. The van der Waals surface area contributed by atoms with Crippen LogP contribution < -0.4 is 5.32 Å². The molecule has 0 aromatic carbocycles. The highest BCUT2D eigenvalue weighted by Gasteiger charge is 2.13. The maximum absolute atomic E-state index is 11.3. The smallest absolute Gasteiger partial charge is 0.245 e. The molecule has 0 rings (SSSR count). The number of carbonyl (C=O) groups is 1. The Morgan fingerprint density at radius 3 is 2.47 bits per heavy atom. The molecule has 0 aliphatic carbocycles. The van der Waals surface area contributed by atoms with Crippen molar-refractivity contribution in [2.24, 2.45) is 0 Å². The van der Waals surface area contributed by atoms with E-state index in [1.54, 1.807) is 6.92 Å². The number of amides is 1. The zero-order valence-electron chi connectivity index (χ0n) is 10.7. The predicted octanol–water partition coefficient (Wildman–Crippen LogP) is -0.189. The summed E-state index contributed by atoms with van der Waals surface area (Å²) in [6.07, 6.45) is 1.78. The van der Waals surface area contributed by atoms with Gasteiger partial charge >= 0.3 is 0 Å². The minimum absolute atomic E-state index is 0.0556. The molecule has 0 aliphatic rings. The zero-order chi connectivity index (χ0) is 13.3. The number of rotatable bonds is 9. The Morgan fingerprint density at radius 1 is 1.35 bits per heavy atom. The lowest BCUT2D eigenvalue weighted by Gasteiger charge is -2.17. The van der Waals surface area contributed by atoms with Gasteiger partial charge in [-0.1, -0.05) is 6.92 Å². The first-order chi connectivity index (χ1) is 7.91. The third kappa shape index (κ3) is 8.12. The van der Waals surface area contributed by atoms with Crippen molar-refractivity contribution in [1.82, 2.24) is 9.62 Å². The van der Waals surface area contributed by atoms with Gasteiger partial charge in [-0.25, -0.2) is 12.7 Å². The summed E-state index contributed by atoms with van der Waals surface area (Å²) in [5.74, 6) is -0.172. The van der Waals surface area contributed by atoms with E-state index in [4.69, 9.17) is 4.74 Å². The number of sulfonamides is 1. The van der Waals surface area contributed by atoms with Gasteiger partial charge in [0.25, 0.3) is 0 Å². The molecule has 1 N–H and O–H groups in total. The first-order valence-corrected chi connectivity index (χ1v) is 7.56. The molecular formula is C10H22N2O4S. The lowest BCUT2D eigenvalue weighted by Crippen LogP contribution is -2.34. The van der Waals surface area contributed by atoms with Crippen LogP contribution in [0.2, 0.25) is 0 Å². The molecule has 0 spiro atoms. The van der Waals surface area contributed by atoms with Crippen LogP contribution in [0.25, 0.3) is 0 Å². The largest absolute Gasteiger partial charge is 0.372 e. The van der Waals surface area contributed by atoms with Gasteiger partial charge < -0.3 is 10.1 Å². The third-order valence-electron chi connectivity index (χ3n) is 2.17. The van der Waals surface area contributed by atoms with Crippen molar-refractivity contribution in [2.75, 3.05) is 39.1 Å². The Kier molecular flexibility index (Phi) is 8.11. The lowest BCUT2D eigenvalue weighted by atomic mass is 10.4. The summed E-state index contributed by atoms with van der Waals surface area (Å²) < 4.78 is 28.8. The van der Waals surface area contributed by atoms with Crippen LogP contribution in [0.5, 0.6) is 0 Å². The Hall–Kier alpha value is -0.660. The second-order valence-corrected chi connectivity index (χ2v) is 5.58. The summed E-state index contributed by atoms with van der Waals surface area (Å²) >= 11 is 0. The molecule has 102 valence electrons. The molecule has 6 nitrogen and oxygen atoms in total. The summed E-state index contributed by atoms with van der Waals surface area (Å²) in [7, 11) is -3.13. The van der Waals surface area contributed by atoms with E-state index < -0.39 is 10.0 Å². The fraction of sp³-hybridized carbons (Fsp3) is 0.900. The molecule has 0 aromatic rings. The topological polar surface area (TPSA) is 75.7 Å². The highest BCUT2D eigenvalue weighted by molar-refractivity contribution is 7.88. The molecule has 0 fully saturated rings. The summed E-state index contributed by atoms with van der Waals surface area (Å²) in [4.78, 5) is 11.1. The highest BCUT2D eigenvalue weighted by Crippen LogP contribution is 1.97. The van der Waals surface area contributed by atoms with E-state index in [1.165, 1.54) is 10.6 Å². The van der Waals surface area contributed by atoms with Crippen LogP contribution in [0.3, 0.4) is 0 Å². The van der Waals surface area contributed by atoms with Crippen molar-refractivity contribution in [3.05, 3.63) is 0 Å². The number of hydrogen-bond acceptors (Lipinski definition) is 4. The second-order valence-electron chi connectivity index (χ2n) is 3.60. The lowest BCUT2D eigenvalue weighted by molar-refractivity contribution is -0.125. The van der Waals surface area contributed by atoms with Gasteiger partial charge in [0.1, 0.15) is 6.61 Å². The molecule has 0 unspecified atom stereocenters. The van der Waals surface area contributed by atoms with Crippen LogP contribution >= 0.6 is 0 Å². The molecule has 0 aromatic heterocycles. The molecule has 0 bridgehead atoms. The number of ether oxygens (including phenoxy) is 1. The molecule has 1 amide bonds. The van der Waals surface area contributed by atoms with E-state index in [2.05, 4.69) is 5.32 Å². The highest BCUT2D eigenvalue weighted by atomic mass is 32.2. The van der Waals surface area contributed by atoms with Crippen molar-refractivity contribution in [3.8, 4) is 0 Å². The summed E-state index contributed by atoms with van der Waals surface area (Å²) in [5, 5.41) is 2.66. The molecule has 0 radical (unpaired) electrons. The van der Waals surface area contributed by atoms with Crippen molar-refractivity contribution in [3.63, 3.8) is 0 Å². The Balaban J connectivity index is 3.73. The van der Waals surface area contributed by atoms with E-state index in [0.717, 1.165) is 0 Å². The quantitative estimate of drug-likeness (QED) is 0.587. The van der Waals surface area contributed by atoms with E-state index in [9.17, 15) is 13.2 Å². The normalized spacial score (nSPS) is 11.8. The summed E-state index contributed by atoms with van der Waals surface area (Å²) in [5.41, 5.74) is 0. The standard InChI is InChI=1S/C10H22N2O4S/c1-4-12(17(3,14)15)8-6-7-11-10(13)9-16-5-2/h4-9H2,1-3H3,(H,11,13). The van der Waals surface area contributed by atoms with Gasteiger partial charge in [0.05, 0.1) is 6.26 Å². The first-order valence-electron chi connectivity index (χ1n) is 5.71. The molecule has 0 aliphatic heterocycles. The number of hydrogen-bond donors (Lipinski definition) is 1. The Bertz CT molecular complexity index is 316. The molecular weight excluding hydrogens is 244 g/mol. The van der Waals surface area contributed by atoms with Crippen molar-refractivity contribution < 1.29 is 17.9 Å². The Labute approximate surface area is 103 Å². The minimum atomic E-state index is -3.13. The average molecular weight is 266 g/mol. The van der Waals surface area contributed by atoms with Crippen molar-refractivity contribution in [2.45, 2.75) is 20.3 Å². The number of nitrogens with one attached hydrogen (secondary N) is 1. The van der Waals surface area contributed by atoms with Gasteiger partial charge in [0.2, 0.25) is 15.9 Å². The van der Waals surface area contributed by atoms with Gasteiger partial charge in [0.15, 0.2) is 0 Å². The molecule has 17 heavy (non-hydrogen) atoms. The van der Waals surface area contributed by atoms with Crippen LogP contribution in [0, 0.1) is 0 Å². The maximum atomic E-state index is 11.3. The summed E-state index contributed by atoms with van der Waals surface area (Å²) in [6, 6.07) is 0. The van der Waals surface area contributed by atoms with Crippen LogP contribution in [-0.4, -0.2) is 57.7 Å². The third-order valence-corrected chi connectivity index (χ3v) is 3.54. The molecule has 0 heterocycles. The predicted molar refractivity (Wildman–Crippen MR) is 66.2 cm³/mol. The average Bonchev–Trinajstić information content (AvgIpc) is 2.24. The number of nitrogens with zero attached hydrogens (tertiary/aromatic N) is 1. The van der Waals surface area contributed by atoms with Crippen LogP contribution in [0.1, 0.15) is 20.3 Å². The second kappa shape index (κ2) is 8.43. The minimum Gasteiger partial charge on any atom is -0.372 e.